The van der Waals surface area contributed by atoms with Gasteiger partial charge in [-0.3, -0.25) is 4.57 Å². The van der Waals surface area contributed by atoms with E-state index in [2.05, 4.69) is 0 Å². The maximum absolute atomic E-state index is 9.98. The molecule has 57 heavy (non-hydrogen) atoms. The Morgan fingerprint density at radius 2 is 1.04 bits per heavy atom. The molecule has 12 rings (SSSR count). The van der Waals surface area contributed by atoms with E-state index >= 15 is 0 Å². The highest BCUT2D eigenvalue weighted by atomic mass is 16.3. The number of para-hydroxylation sites is 3. The van der Waals surface area contributed by atoms with Crippen LogP contribution in [0.4, 0.5) is 0 Å². The van der Waals surface area contributed by atoms with E-state index in [1.54, 1.807) is 4.57 Å². The molecule has 6 nitrogen and oxygen atoms in total. The first-order valence-electron chi connectivity index (χ1n) is 23.3. The number of hydrogen-bond donors (Lipinski definition) is 0. The third-order valence-corrected chi connectivity index (χ3v) is 10.4. The largest absolute Gasteiger partial charge is 0.454 e. The summed E-state index contributed by atoms with van der Waals surface area (Å²) >= 11 is 0. The monoisotopic (exact) mass is 739 g/mol. The molecule has 0 unspecified atom stereocenters. The third kappa shape index (κ3) is 4.81. The predicted octanol–water partition coefficient (Wildman–Crippen LogP) is 13.0. The lowest BCUT2D eigenvalue weighted by Crippen LogP contribution is -2.06. The summed E-state index contributed by atoms with van der Waals surface area (Å²) in [4.78, 5) is 14.8. The van der Waals surface area contributed by atoms with E-state index in [1.807, 2.05) is 127 Å². The first-order chi connectivity index (χ1) is 32.4. The van der Waals surface area contributed by atoms with Gasteiger partial charge in [-0.05, 0) is 47.5 Å². The molecule has 0 saturated heterocycles. The van der Waals surface area contributed by atoms with Crippen molar-refractivity contribution in [3.05, 3.63) is 188 Å². The molecule has 12 aromatic rings. The van der Waals surface area contributed by atoms with Crippen LogP contribution in [0.5, 0.6) is 0 Å². The van der Waals surface area contributed by atoms with Gasteiger partial charge in [-0.2, -0.15) is 9.97 Å². The van der Waals surface area contributed by atoms with Gasteiger partial charge in [0, 0.05) is 43.4 Å². The Labute approximate surface area is 340 Å². The lowest BCUT2D eigenvalue weighted by Gasteiger charge is -2.13. The van der Waals surface area contributed by atoms with Crippen LogP contribution in [-0.4, -0.2) is 24.1 Å². The molecule has 0 N–H and O–H groups in total. The number of fused-ring (bicyclic) bond motifs is 10. The first kappa shape index (κ1) is 23.2. The van der Waals surface area contributed by atoms with Crippen LogP contribution >= 0.6 is 0 Å². The minimum atomic E-state index is -0.567. The van der Waals surface area contributed by atoms with Crippen molar-refractivity contribution < 1.29 is 18.1 Å². The summed E-state index contributed by atoms with van der Waals surface area (Å²) in [6.45, 7) is 0. The van der Waals surface area contributed by atoms with Crippen LogP contribution in [0, 0.1) is 0 Å². The fourth-order valence-corrected chi connectivity index (χ4v) is 7.93. The van der Waals surface area contributed by atoms with Gasteiger partial charge in [0.1, 0.15) is 5.58 Å². The van der Waals surface area contributed by atoms with Crippen LogP contribution in [0.15, 0.2) is 192 Å². The Balaban J connectivity index is 1.36. The van der Waals surface area contributed by atoms with E-state index in [0.29, 0.717) is 33.4 Å². The highest BCUT2D eigenvalue weighted by Crippen LogP contribution is 2.44. The third-order valence-electron chi connectivity index (χ3n) is 10.4. The van der Waals surface area contributed by atoms with E-state index < -0.39 is 60.4 Å². The van der Waals surface area contributed by atoms with Gasteiger partial charge in [-0.25, -0.2) is 4.98 Å². The number of furan rings is 1. The molecule has 0 aliphatic heterocycles. The Hall–Kier alpha value is -7.83. The minimum absolute atomic E-state index is 0.00593. The molecule has 8 aromatic carbocycles. The van der Waals surface area contributed by atoms with E-state index in [0.717, 1.165) is 16.5 Å². The zero-order valence-corrected chi connectivity index (χ0v) is 29.8. The van der Waals surface area contributed by atoms with Crippen molar-refractivity contribution in [3.63, 3.8) is 0 Å². The van der Waals surface area contributed by atoms with E-state index in [1.165, 1.54) is 4.57 Å². The molecule has 0 atom stereocenters. The van der Waals surface area contributed by atoms with Gasteiger partial charge in [0.2, 0.25) is 5.95 Å². The number of hydrogen-bond acceptors (Lipinski definition) is 4. The molecule has 0 amide bonds. The summed E-state index contributed by atoms with van der Waals surface area (Å²) < 4.78 is 103. The van der Waals surface area contributed by atoms with E-state index in [4.69, 9.17) is 24.9 Å². The first-order valence-corrected chi connectivity index (χ1v) is 18.3. The molecule has 0 aliphatic carbocycles. The van der Waals surface area contributed by atoms with Crippen LogP contribution in [0.2, 0.25) is 0 Å². The van der Waals surface area contributed by atoms with Crippen LogP contribution in [0.3, 0.4) is 0 Å². The smallest absolute Gasteiger partial charge is 0.238 e. The molecule has 0 radical (unpaired) electrons. The highest BCUT2D eigenvalue weighted by Gasteiger charge is 2.25. The van der Waals surface area contributed by atoms with Gasteiger partial charge in [-0.1, -0.05) is 151 Å². The molecule has 0 spiro atoms. The summed E-state index contributed by atoms with van der Waals surface area (Å²) in [6, 6.07) is 34.4. The quantitative estimate of drug-likeness (QED) is 0.176. The zero-order chi connectivity index (χ0) is 46.2. The van der Waals surface area contributed by atoms with Gasteiger partial charge < -0.3 is 8.98 Å². The average Bonchev–Trinajstić information content (AvgIpc) is 4.05. The van der Waals surface area contributed by atoms with Crippen molar-refractivity contribution in [2.45, 2.75) is 0 Å². The standard InChI is InChI=1S/C51H31N5O/c1-4-16-32(17-5-1)35-30-40-37-23-12-15-27-45(37)57-48(40)44(31-35)55-42-26-14-11-24-39(42)46-43(55)29-28-38-36-22-10-13-25-41(36)56(47(38)46)51-53-49(33-18-6-2-7-19-33)52-50(54-51)34-20-8-3-9-21-34/h1-31H/i10D,11D,13D,14D,22D,24D,25D,26D,28D,29D. The molecule has 4 heterocycles. The second-order valence-electron chi connectivity index (χ2n) is 13.7. The molecule has 0 aliphatic rings. The molecular weight excluding hydrogens is 699 g/mol. The minimum Gasteiger partial charge on any atom is -0.454 e. The number of rotatable bonds is 5. The Morgan fingerprint density at radius 3 is 1.74 bits per heavy atom. The molecule has 4 aromatic heterocycles. The lowest BCUT2D eigenvalue weighted by atomic mass is 10.0. The van der Waals surface area contributed by atoms with Crippen molar-refractivity contribution in [1.29, 1.82) is 0 Å². The maximum Gasteiger partial charge on any atom is 0.238 e. The van der Waals surface area contributed by atoms with Crippen molar-refractivity contribution in [2.24, 2.45) is 0 Å². The summed E-state index contributed by atoms with van der Waals surface area (Å²) in [7, 11) is 0. The summed E-state index contributed by atoms with van der Waals surface area (Å²) in [5, 5.41) is 1.40. The van der Waals surface area contributed by atoms with Gasteiger partial charge in [0.15, 0.2) is 17.2 Å². The lowest BCUT2D eigenvalue weighted by molar-refractivity contribution is 0.666. The summed E-state index contributed by atoms with van der Waals surface area (Å²) in [6.07, 6.45) is 0. The van der Waals surface area contributed by atoms with Crippen LogP contribution in [0.25, 0.3) is 111 Å². The van der Waals surface area contributed by atoms with Crippen LogP contribution in [0.1, 0.15) is 13.7 Å². The molecule has 266 valence electrons. The van der Waals surface area contributed by atoms with Crippen molar-refractivity contribution >= 4 is 65.6 Å². The number of aromatic nitrogens is 5. The van der Waals surface area contributed by atoms with Crippen molar-refractivity contribution in [2.75, 3.05) is 0 Å². The molecular formula is C51H31N5O. The average molecular weight is 740 g/mol. The molecule has 0 bridgehead atoms. The maximum atomic E-state index is 9.98. The van der Waals surface area contributed by atoms with E-state index in [9.17, 15) is 8.22 Å². The summed E-state index contributed by atoms with van der Waals surface area (Å²) in [5.41, 5.74) is 3.99. The van der Waals surface area contributed by atoms with Crippen molar-refractivity contribution in [3.8, 4) is 45.5 Å². The fourth-order valence-electron chi connectivity index (χ4n) is 7.93. The van der Waals surface area contributed by atoms with Crippen LogP contribution in [-0.2, 0) is 0 Å². The van der Waals surface area contributed by atoms with Crippen molar-refractivity contribution in [1.82, 2.24) is 24.1 Å². The van der Waals surface area contributed by atoms with Gasteiger partial charge >= 0.3 is 0 Å². The predicted molar refractivity (Wildman–Crippen MR) is 232 cm³/mol. The number of benzene rings is 8. The summed E-state index contributed by atoms with van der Waals surface area (Å²) in [5.74, 6) is 0.367. The normalized spacial score (nSPS) is 14.3. The number of nitrogens with zero attached hydrogens (tertiary/aromatic N) is 5. The molecule has 0 fully saturated rings. The highest BCUT2D eigenvalue weighted by molar-refractivity contribution is 6.26. The second kappa shape index (κ2) is 12.3. The Morgan fingerprint density at radius 1 is 0.439 bits per heavy atom. The fraction of sp³-hybridized carbons (Fsp3) is 0. The van der Waals surface area contributed by atoms with Gasteiger partial charge in [0.25, 0.3) is 0 Å². The molecule has 0 saturated carbocycles. The Bertz CT molecular complexity index is 4040. The topological polar surface area (TPSA) is 61.7 Å². The van der Waals surface area contributed by atoms with E-state index in [-0.39, 0.29) is 61.2 Å². The Kier molecular flexibility index (Phi) is 5.02. The second-order valence-corrected chi connectivity index (χ2v) is 13.7. The SMILES string of the molecule is [2H]c1c([2H])c([2H])c2c(c1[2H])c1c(c([2H])c([2H])c3c4c([2H])c([2H])c([2H])c([2H])c4n(-c4nc(-c5ccccc5)nc(-c5ccccc5)n4)c31)n2-c1cc(-c2ccccc2)cc2c1oc1ccccc12. The van der Waals surface area contributed by atoms with Gasteiger partial charge in [-0.15, -0.1) is 0 Å². The van der Waals surface area contributed by atoms with Crippen LogP contribution < -0.4 is 0 Å². The molecule has 6 heteroatoms. The van der Waals surface area contributed by atoms with Gasteiger partial charge in [0.05, 0.1) is 41.5 Å². The zero-order valence-electron chi connectivity index (χ0n) is 39.8.